The van der Waals surface area contributed by atoms with Crippen molar-refractivity contribution in [3.05, 3.63) is 18.5 Å². The molecule has 1 heterocycles. The highest BCUT2D eigenvalue weighted by molar-refractivity contribution is 4.83. The van der Waals surface area contributed by atoms with E-state index in [2.05, 4.69) is 17.3 Å². The van der Waals surface area contributed by atoms with Gasteiger partial charge >= 0.3 is 6.18 Å². The van der Waals surface area contributed by atoms with Crippen molar-refractivity contribution in [2.75, 3.05) is 0 Å². The van der Waals surface area contributed by atoms with Crippen LogP contribution in [0.3, 0.4) is 0 Å². The van der Waals surface area contributed by atoms with E-state index in [0.717, 1.165) is 13.0 Å². The molecule has 0 saturated heterocycles. The number of hydrogen-bond donors (Lipinski definition) is 1. The maximum Gasteiger partial charge on any atom is 0.391 e. The van der Waals surface area contributed by atoms with E-state index in [-0.39, 0.29) is 18.9 Å². The topological polar surface area (TPSA) is 29.9 Å². The summed E-state index contributed by atoms with van der Waals surface area (Å²) < 4.78 is 39.6. The van der Waals surface area contributed by atoms with Gasteiger partial charge in [0.2, 0.25) is 0 Å². The normalized spacial score (nSPS) is 25.6. The first-order valence-corrected chi connectivity index (χ1v) is 7.25. The number of nitrogens with one attached hydrogen (secondary N) is 1. The molecule has 1 aromatic rings. The van der Waals surface area contributed by atoms with Crippen molar-refractivity contribution in [2.45, 2.75) is 63.8 Å². The maximum absolute atomic E-state index is 12.6. The molecule has 2 rings (SSSR count). The summed E-state index contributed by atoms with van der Waals surface area (Å²) in [7, 11) is 0. The van der Waals surface area contributed by atoms with Crippen LogP contribution < -0.4 is 5.32 Å². The minimum absolute atomic E-state index is 0.223. The number of halogens is 3. The third-order valence-electron chi connectivity index (χ3n) is 4.06. The van der Waals surface area contributed by atoms with Crippen LogP contribution in [0.25, 0.3) is 0 Å². The molecule has 0 aromatic carbocycles. The minimum Gasteiger partial charge on any atom is -0.311 e. The third kappa shape index (κ3) is 4.51. The third-order valence-corrected chi connectivity index (χ3v) is 4.06. The van der Waals surface area contributed by atoms with Crippen molar-refractivity contribution in [3.63, 3.8) is 0 Å². The van der Waals surface area contributed by atoms with Gasteiger partial charge in [-0.3, -0.25) is 4.68 Å². The van der Waals surface area contributed by atoms with Crippen molar-refractivity contribution in [2.24, 2.45) is 5.92 Å². The molecule has 1 aliphatic carbocycles. The zero-order valence-electron chi connectivity index (χ0n) is 11.7. The van der Waals surface area contributed by atoms with Gasteiger partial charge < -0.3 is 5.32 Å². The number of alkyl halides is 3. The Morgan fingerprint density at radius 1 is 1.30 bits per heavy atom. The molecular formula is C14H22F3N3. The second kappa shape index (κ2) is 6.61. The fourth-order valence-electron chi connectivity index (χ4n) is 2.83. The quantitative estimate of drug-likeness (QED) is 0.900. The molecular weight excluding hydrogens is 267 g/mol. The van der Waals surface area contributed by atoms with Crippen molar-refractivity contribution in [3.8, 4) is 0 Å². The fourth-order valence-corrected chi connectivity index (χ4v) is 2.83. The number of aryl methyl sites for hydroxylation is 1. The van der Waals surface area contributed by atoms with Crippen LogP contribution in [-0.4, -0.2) is 28.0 Å². The summed E-state index contributed by atoms with van der Waals surface area (Å²) in [6.45, 7) is 2.92. The zero-order chi connectivity index (χ0) is 14.6. The summed E-state index contributed by atoms with van der Waals surface area (Å²) in [5.41, 5.74) is 0. The molecule has 1 N–H and O–H groups in total. The van der Waals surface area contributed by atoms with Crippen molar-refractivity contribution in [1.82, 2.24) is 15.1 Å². The molecule has 0 spiro atoms. The monoisotopic (exact) mass is 289 g/mol. The van der Waals surface area contributed by atoms with Gasteiger partial charge in [0, 0.05) is 31.0 Å². The maximum atomic E-state index is 12.6. The smallest absolute Gasteiger partial charge is 0.311 e. The Balaban J connectivity index is 1.67. The van der Waals surface area contributed by atoms with E-state index in [1.54, 1.807) is 6.20 Å². The van der Waals surface area contributed by atoms with E-state index in [1.165, 1.54) is 0 Å². The van der Waals surface area contributed by atoms with E-state index in [9.17, 15) is 13.2 Å². The molecule has 0 radical (unpaired) electrons. The lowest BCUT2D eigenvalue weighted by atomic mass is 9.85. The number of nitrogens with zero attached hydrogens (tertiary/aromatic N) is 2. The van der Waals surface area contributed by atoms with Gasteiger partial charge in [-0.05, 0) is 45.1 Å². The standard InChI is InChI=1S/C14H22F3N3/c1-11(7-10-20-9-2-8-18-20)19-13-5-3-12(4-6-13)14(15,16)17/h2,8-9,11-13,19H,3-7,10H2,1H3. The average molecular weight is 289 g/mol. The SMILES string of the molecule is CC(CCn1cccn1)NC1CCC(C(F)(F)F)CC1. The lowest BCUT2D eigenvalue weighted by Crippen LogP contribution is -2.41. The van der Waals surface area contributed by atoms with Crippen molar-refractivity contribution in [1.29, 1.82) is 0 Å². The first-order valence-electron chi connectivity index (χ1n) is 7.25. The first-order chi connectivity index (χ1) is 9.45. The summed E-state index contributed by atoms with van der Waals surface area (Å²) in [5, 5.41) is 7.58. The van der Waals surface area contributed by atoms with Crippen LogP contribution in [0.5, 0.6) is 0 Å². The van der Waals surface area contributed by atoms with Gasteiger partial charge in [0.05, 0.1) is 5.92 Å². The van der Waals surface area contributed by atoms with Gasteiger partial charge in [0.15, 0.2) is 0 Å². The molecule has 1 aromatic heterocycles. The van der Waals surface area contributed by atoms with E-state index in [4.69, 9.17) is 0 Å². The summed E-state index contributed by atoms with van der Waals surface area (Å²) in [6.07, 6.45) is 2.34. The highest BCUT2D eigenvalue weighted by Crippen LogP contribution is 2.37. The van der Waals surface area contributed by atoms with Gasteiger partial charge in [-0.15, -0.1) is 0 Å². The van der Waals surface area contributed by atoms with Gasteiger partial charge in [-0.1, -0.05) is 0 Å². The second-order valence-electron chi connectivity index (χ2n) is 5.72. The van der Waals surface area contributed by atoms with Crippen LogP contribution in [0.2, 0.25) is 0 Å². The Hall–Kier alpha value is -1.04. The van der Waals surface area contributed by atoms with Crippen molar-refractivity contribution < 1.29 is 13.2 Å². The van der Waals surface area contributed by atoms with Gasteiger partial charge in [-0.2, -0.15) is 18.3 Å². The average Bonchev–Trinajstić information content (AvgIpc) is 2.89. The molecule has 1 aliphatic rings. The molecule has 0 bridgehead atoms. The van der Waals surface area contributed by atoms with Crippen LogP contribution in [0.1, 0.15) is 39.0 Å². The van der Waals surface area contributed by atoms with E-state index >= 15 is 0 Å². The Bertz CT molecular complexity index is 381. The predicted octanol–water partition coefficient (Wildman–Crippen LogP) is 3.37. The Morgan fingerprint density at radius 2 is 2.00 bits per heavy atom. The molecule has 1 atom stereocenters. The molecule has 0 aliphatic heterocycles. The molecule has 1 unspecified atom stereocenters. The van der Waals surface area contributed by atoms with E-state index in [0.29, 0.717) is 18.9 Å². The lowest BCUT2D eigenvalue weighted by molar-refractivity contribution is -0.182. The summed E-state index contributed by atoms with van der Waals surface area (Å²) >= 11 is 0. The number of hydrogen-bond acceptors (Lipinski definition) is 2. The molecule has 20 heavy (non-hydrogen) atoms. The van der Waals surface area contributed by atoms with Crippen LogP contribution in [0, 0.1) is 5.92 Å². The molecule has 6 heteroatoms. The first kappa shape index (κ1) is 15.4. The highest BCUT2D eigenvalue weighted by atomic mass is 19.4. The Labute approximate surface area is 117 Å². The Kier molecular flexibility index (Phi) is 5.07. The molecule has 114 valence electrons. The van der Waals surface area contributed by atoms with Crippen LogP contribution in [0.15, 0.2) is 18.5 Å². The Morgan fingerprint density at radius 3 is 2.55 bits per heavy atom. The summed E-state index contributed by atoms with van der Waals surface area (Å²) in [5.74, 6) is -1.10. The van der Waals surface area contributed by atoms with Gasteiger partial charge in [0.1, 0.15) is 0 Å². The molecule has 0 amide bonds. The summed E-state index contributed by atoms with van der Waals surface area (Å²) in [4.78, 5) is 0. The minimum atomic E-state index is -4.02. The fraction of sp³-hybridized carbons (Fsp3) is 0.786. The number of aromatic nitrogens is 2. The largest absolute Gasteiger partial charge is 0.391 e. The lowest BCUT2D eigenvalue weighted by Gasteiger charge is -2.32. The number of rotatable bonds is 5. The van der Waals surface area contributed by atoms with E-state index in [1.807, 2.05) is 16.9 Å². The van der Waals surface area contributed by atoms with Gasteiger partial charge in [0.25, 0.3) is 0 Å². The molecule has 3 nitrogen and oxygen atoms in total. The highest BCUT2D eigenvalue weighted by Gasteiger charge is 2.41. The van der Waals surface area contributed by atoms with Gasteiger partial charge in [-0.25, -0.2) is 0 Å². The van der Waals surface area contributed by atoms with Crippen molar-refractivity contribution >= 4 is 0 Å². The zero-order valence-corrected chi connectivity index (χ0v) is 11.7. The molecule has 1 saturated carbocycles. The van der Waals surface area contributed by atoms with Crippen LogP contribution >= 0.6 is 0 Å². The second-order valence-corrected chi connectivity index (χ2v) is 5.72. The van der Waals surface area contributed by atoms with Crippen LogP contribution in [0.4, 0.5) is 13.2 Å². The summed E-state index contributed by atoms with van der Waals surface area (Å²) in [6, 6.07) is 2.41. The predicted molar refractivity (Wildman–Crippen MR) is 71.2 cm³/mol. The van der Waals surface area contributed by atoms with Crippen LogP contribution in [-0.2, 0) is 6.54 Å². The van der Waals surface area contributed by atoms with E-state index < -0.39 is 12.1 Å². The molecule has 1 fully saturated rings.